The first-order valence-electron chi connectivity index (χ1n) is 10.5. The van der Waals surface area contributed by atoms with Gasteiger partial charge in [-0.3, -0.25) is 24.5 Å². The van der Waals surface area contributed by atoms with Gasteiger partial charge in [0.05, 0.1) is 15.9 Å². The largest absolute Gasteiger partial charge is 0.325 e. The van der Waals surface area contributed by atoms with E-state index in [-0.39, 0.29) is 11.6 Å². The van der Waals surface area contributed by atoms with Crippen LogP contribution in [0.1, 0.15) is 18.1 Å². The van der Waals surface area contributed by atoms with E-state index in [9.17, 15) is 14.9 Å². The second kappa shape index (κ2) is 9.84. The summed E-state index contributed by atoms with van der Waals surface area (Å²) in [4.78, 5) is 27.7. The van der Waals surface area contributed by atoms with Crippen LogP contribution in [0.25, 0.3) is 17.1 Å². The molecule has 2 aromatic heterocycles. The number of nitro groups is 1. The van der Waals surface area contributed by atoms with E-state index in [0.29, 0.717) is 16.7 Å². The van der Waals surface area contributed by atoms with Crippen LogP contribution in [0.15, 0.2) is 72.1 Å². The molecule has 2 heterocycles. The third-order valence-electron chi connectivity index (χ3n) is 5.19. The maximum atomic E-state index is 13.0. The van der Waals surface area contributed by atoms with Gasteiger partial charge < -0.3 is 5.32 Å². The molecule has 1 amide bonds. The molecular formula is C24H22N6O3S. The molecule has 0 fully saturated rings. The zero-order valence-corrected chi connectivity index (χ0v) is 19.6. The lowest BCUT2D eigenvalue weighted by Crippen LogP contribution is -2.23. The Kier molecular flexibility index (Phi) is 6.69. The number of carbonyl (C=O) groups is 1. The van der Waals surface area contributed by atoms with E-state index < -0.39 is 10.2 Å². The summed E-state index contributed by atoms with van der Waals surface area (Å²) >= 11 is 1.25. The fourth-order valence-electron chi connectivity index (χ4n) is 3.26. The van der Waals surface area contributed by atoms with Crippen LogP contribution in [-0.2, 0) is 4.79 Å². The Morgan fingerprint density at radius 3 is 2.56 bits per heavy atom. The molecule has 0 aliphatic heterocycles. The molecule has 172 valence electrons. The third-order valence-corrected chi connectivity index (χ3v) is 6.23. The predicted octanol–water partition coefficient (Wildman–Crippen LogP) is 4.97. The molecule has 4 aromatic rings. The van der Waals surface area contributed by atoms with Crippen molar-refractivity contribution in [3.05, 3.63) is 88.2 Å². The Morgan fingerprint density at radius 1 is 1.12 bits per heavy atom. The van der Waals surface area contributed by atoms with Gasteiger partial charge in [-0.05, 0) is 50.6 Å². The fourth-order valence-corrected chi connectivity index (χ4v) is 4.13. The van der Waals surface area contributed by atoms with E-state index in [1.807, 2.05) is 47.9 Å². The number of aromatic nitrogens is 4. The molecule has 4 rings (SSSR count). The summed E-state index contributed by atoms with van der Waals surface area (Å²) in [5.74, 6) is 0.316. The Balaban J connectivity index is 1.63. The highest BCUT2D eigenvalue weighted by Gasteiger charge is 2.23. The lowest BCUT2D eigenvalue weighted by Gasteiger charge is -2.15. The van der Waals surface area contributed by atoms with Crippen molar-refractivity contribution in [3.8, 4) is 17.1 Å². The van der Waals surface area contributed by atoms with E-state index in [1.165, 1.54) is 23.9 Å². The van der Waals surface area contributed by atoms with Crippen molar-refractivity contribution in [2.24, 2.45) is 0 Å². The van der Waals surface area contributed by atoms with Gasteiger partial charge in [0.15, 0.2) is 11.0 Å². The number of pyridine rings is 1. The van der Waals surface area contributed by atoms with Crippen LogP contribution in [0.2, 0.25) is 0 Å². The number of nitro benzene ring substituents is 1. The lowest BCUT2D eigenvalue weighted by atomic mass is 10.2. The van der Waals surface area contributed by atoms with Gasteiger partial charge in [-0.2, -0.15) is 0 Å². The Labute approximate surface area is 200 Å². The van der Waals surface area contributed by atoms with Crippen LogP contribution in [0, 0.1) is 24.0 Å². The first-order valence-corrected chi connectivity index (χ1v) is 11.4. The number of rotatable bonds is 7. The average molecular weight is 475 g/mol. The van der Waals surface area contributed by atoms with E-state index >= 15 is 0 Å². The zero-order valence-electron chi connectivity index (χ0n) is 18.8. The molecule has 34 heavy (non-hydrogen) atoms. The highest BCUT2D eigenvalue weighted by molar-refractivity contribution is 8.00. The number of non-ortho nitro benzene ring substituents is 1. The molecule has 0 saturated carbocycles. The number of anilines is 1. The van der Waals surface area contributed by atoms with Crippen LogP contribution < -0.4 is 5.32 Å². The van der Waals surface area contributed by atoms with Crippen LogP contribution in [-0.4, -0.2) is 35.8 Å². The Hall–Kier alpha value is -4.05. The van der Waals surface area contributed by atoms with Crippen LogP contribution in [0.4, 0.5) is 11.4 Å². The SMILES string of the molecule is Cc1ccc(-n2c(SC(C)C(=O)Nc3cc([N+](=O)[O-])ccc3C)nnc2-c2cccnc2)cc1. The molecule has 9 nitrogen and oxygen atoms in total. The van der Waals surface area contributed by atoms with Crippen molar-refractivity contribution in [1.82, 2.24) is 19.7 Å². The minimum Gasteiger partial charge on any atom is -0.325 e. The molecule has 0 bridgehead atoms. The van der Waals surface area contributed by atoms with Gasteiger partial charge in [0, 0.05) is 35.8 Å². The zero-order chi connectivity index (χ0) is 24.2. The predicted molar refractivity (Wildman–Crippen MR) is 131 cm³/mol. The highest BCUT2D eigenvalue weighted by atomic mass is 32.2. The van der Waals surface area contributed by atoms with Gasteiger partial charge in [-0.15, -0.1) is 10.2 Å². The number of benzene rings is 2. The maximum absolute atomic E-state index is 13.0. The van der Waals surface area contributed by atoms with Crippen molar-refractivity contribution in [2.75, 3.05) is 5.32 Å². The Bertz CT molecular complexity index is 1340. The number of hydrogen-bond donors (Lipinski definition) is 1. The van der Waals surface area contributed by atoms with E-state index in [4.69, 9.17) is 0 Å². The summed E-state index contributed by atoms with van der Waals surface area (Å²) in [6, 6.07) is 16.0. The van der Waals surface area contributed by atoms with Gasteiger partial charge in [-0.1, -0.05) is 35.5 Å². The number of aryl methyl sites for hydroxylation is 2. The minimum atomic E-state index is -0.547. The van der Waals surface area contributed by atoms with Crippen LogP contribution in [0.3, 0.4) is 0 Å². The third kappa shape index (κ3) is 4.96. The monoisotopic (exact) mass is 474 g/mol. The van der Waals surface area contributed by atoms with Crippen molar-refractivity contribution >= 4 is 29.0 Å². The first kappa shape index (κ1) is 23.1. The topological polar surface area (TPSA) is 116 Å². The summed E-state index contributed by atoms with van der Waals surface area (Å²) in [5.41, 5.74) is 3.84. The molecule has 0 radical (unpaired) electrons. The second-order valence-electron chi connectivity index (χ2n) is 7.72. The average Bonchev–Trinajstić information content (AvgIpc) is 3.24. The minimum absolute atomic E-state index is 0.0820. The van der Waals surface area contributed by atoms with Crippen LogP contribution >= 0.6 is 11.8 Å². The standard InChI is InChI=1S/C24H22N6O3S/c1-15-6-9-19(10-7-15)29-22(18-5-4-12-25-14-18)27-28-24(29)34-17(3)23(31)26-21-13-20(30(32)33)11-8-16(21)2/h4-14,17H,1-3H3,(H,26,31). The fraction of sp³-hybridized carbons (Fsp3) is 0.167. The molecule has 10 heteroatoms. The summed E-state index contributed by atoms with van der Waals surface area (Å²) < 4.78 is 1.89. The van der Waals surface area contributed by atoms with Crippen molar-refractivity contribution < 1.29 is 9.72 Å². The number of amides is 1. The molecule has 1 N–H and O–H groups in total. The molecule has 0 spiro atoms. The summed E-state index contributed by atoms with van der Waals surface area (Å²) in [6.07, 6.45) is 3.40. The number of hydrogen-bond acceptors (Lipinski definition) is 7. The molecular weight excluding hydrogens is 452 g/mol. The smallest absolute Gasteiger partial charge is 0.271 e. The number of nitrogens with one attached hydrogen (secondary N) is 1. The van der Waals surface area contributed by atoms with Crippen molar-refractivity contribution in [1.29, 1.82) is 0 Å². The normalized spacial score (nSPS) is 11.7. The summed E-state index contributed by atoms with van der Waals surface area (Å²) in [7, 11) is 0. The Morgan fingerprint density at radius 2 is 1.88 bits per heavy atom. The van der Waals surface area contributed by atoms with Gasteiger partial charge in [0.25, 0.3) is 5.69 Å². The number of nitrogens with zero attached hydrogens (tertiary/aromatic N) is 5. The van der Waals surface area contributed by atoms with E-state index in [2.05, 4.69) is 20.5 Å². The quantitative estimate of drug-likeness (QED) is 0.228. The summed E-state index contributed by atoms with van der Waals surface area (Å²) in [6.45, 7) is 5.55. The molecule has 1 unspecified atom stereocenters. The first-order chi connectivity index (χ1) is 16.3. The molecule has 2 aromatic carbocycles. The molecule has 0 aliphatic carbocycles. The van der Waals surface area contributed by atoms with Gasteiger partial charge in [0.1, 0.15) is 0 Å². The van der Waals surface area contributed by atoms with Gasteiger partial charge in [0.2, 0.25) is 5.91 Å². The number of thioether (sulfide) groups is 1. The van der Waals surface area contributed by atoms with Gasteiger partial charge in [-0.25, -0.2) is 0 Å². The molecule has 1 atom stereocenters. The molecule has 0 aliphatic rings. The number of carbonyl (C=O) groups excluding carboxylic acids is 1. The summed E-state index contributed by atoms with van der Waals surface area (Å²) in [5, 5.41) is 22.6. The lowest BCUT2D eigenvalue weighted by molar-refractivity contribution is -0.384. The maximum Gasteiger partial charge on any atom is 0.271 e. The van der Waals surface area contributed by atoms with Crippen LogP contribution in [0.5, 0.6) is 0 Å². The van der Waals surface area contributed by atoms with E-state index in [0.717, 1.165) is 22.4 Å². The van der Waals surface area contributed by atoms with Gasteiger partial charge >= 0.3 is 0 Å². The van der Waals surface area contributed by atoms with Crippen molar-refractivity contribution in [2.45, 2.75) is 31.2 Å². The van der Waals surface area contributed by atoms with E-state index in [1.54, 1.807) is 32.3 Å². The molecule has 0 saturated heterocycles. The second-order valence-corrected chi connectivity index (χ2v) is 9.03. The van der Waals surface area contributed by atoms with Crippen molar-refractivity contribution in [3.63, 3.8) is 0 Å². The highest BCUT2D eigenvalue weighted by Crippen LogP contribution is 2.31.